The van der Waals surface area contributed by atoms with E-state index in [0.29, 0.717) is 6.61 Å². The minimum atomic E-state index is -0.0434. The lowest BCUT2D eigenvalue weighted by Gasteiger charge is -2.28. The predicted molar refractivity (Wildman–Crippen MR) is 137 cm³/mol. The van der Waals surface area contributed by atoms with Crippen molar-refractivity contribution in [3.8, 4) is 5.75 Å². The molecule has 4 unspecified atom stereocenters. The van der Waals surface area contributed by atoms with Gasteiger partial charge in [0.2, 0.25) is 0 Å². The van der Waals surface area contributed by atoms with Crippen molar-refractivity contribution in [3.05, 3.63) is 65.2 Å². The third-order valence-electron chi connectivity index (χ3n) is 6.18. The SMILES string of the molecule is Cc1cc(C(=O)C2CCCC(OCCP)CC(c3ccccc3)OCC2)ccc1OC(C)C. The minimum absolute atomic E-state index is 0.00993. The van der Waals surface area contributed by atoms with E-state index < -0.39 is 0 Å². The molecule has 1 fully saturated rings. The first-order valence-electron chi connectivity index (χ1n) is 12.3. The average Bonchev–Trinajstić information content (AvgIpc) is 2.82. The molecule has 0 saturated carbocycles. The Labute approximate surface area is 201 Å². The van der Waals surface area contributed by atoms with Crippen molar-refractivity contribution in [1.82, 2.24) is 0 Å². The fraction of sp³-hybridized carbons (Fsp3) is 0.536. The molecule has 0 aromatic heterocycles. The fourth-order valence-electron chi connectivity index (χ4n) is 4.49. The lowest BCUT2D eigenvalue weighted by atomic mass is 9.88. The second kappa shape index (κ2) is 13.2. The lowest BCUT2D eigenvalue weighted by Crippen LogP contribution is -2.24. The van der Waals surface area contributed by atoms with Gasteiger partial charge in [0.15, 0.2) is 5.78 Å². The van der Waals surface area contributed by atoms with Crippen LogP contribution < -0.4 is 4.74 Å². The number of hydrogen-bond donors (Lipinski definition) is 0. The van der Waals surface area contributed by atoms with Gasteiger partial charge in [-0.25, -0.2) is 0 Å². The maximum atomic E-state index is 13.4. The first-order chi connectivity index (χ1) is 16.0. The molecule has 0 bridgehead atoms. The lowest BCUT2D eigenvalue weighted by molar-refractivity contribution is -0.0261. The van der Waals surface area contributed by atoms with Gasteiger partial charge in [0.25, 0.3) is 0 Å². The van der Waals surface area contributed by atoms with Crippen molar-refractivity contribution in [3.63, 3.8) is 0 Å². The Morgan fingerprint density at radius 3 is 2.61 bits per heavy atom. The molecule has 4 nitrogen and oxygen atoms in total. The van der Waals surface area contributed by atoms with E-state index in [1.165, 1.54) is 5.56 Å². The molecule has 0 N–H and O–H groups in total. The molecule has 0 aliphatic carbocycles. The van der Waals surface area contributed by atoms with Crippen LogP contribution in [-0.2, 0) is 9.47 Å². The summed E-state index contributed by atoms with van der Waals surface area (Å²) in [6, 6.07) is 16.2. The molecule has 0 spiro atoms. The van der Waals surface area contributed by atoms with E-state index in [0.717, 1.165) is 61.7 Å². The maximum Gasteiger partial charge on any atom is 0.166 e. The summed E-state index contributed by atoms with van der Waals surface area (Å²) in [6.07, 6.45) is 5.54. The van der Waals surface area contributed by atoms with E-state index in [2.05, 4.69) is 33.5 Å². The number of benzene rings is 2. The highest BCUT2D eigenvalue weighted by Crippen LogP contribution is 2.31. The van der Waals surface area contributed by atoms with Gasteiger partial charge in [-0.3, -0.25) is 4.79 Å². The van der Waals surface area contributed by atoms with E-state index in [1.807, 2.05) is 45.0 Å². The molecule has 0 radical (unpaired) electrons. The first kappa shape index (κ1) is 25.9. The van der Waals surface area contributed by atoms with Crippen LogP contribution in [0.4, 0.5) is 0 Å². The molecule has 5 heteroatoms. The molecule has 2 aromatic carbocycles. The van der Waals surface area contributed by atoms with E-state index in [1.54, 1.807) is 0 Å². The summed E-state index contributed by atoms with van der Waals surface area (Å²) in [6.45, 7) is 7.32. The van der Waals surface area contributed by atoms with Crippen molar-refractivity contribution in [2.45, 2.75) is 71.2 Å². The third kappa shape index (κ3) is 7.91. The molecular formula is C28H39O4P. The standard InChI is InChI=1S/C28H39O4P/c1-20(2)32-26-13-12-24(18-21(26)3)28(29)23-10-7-11-25(30-16-17-33)19-27(31-15-14-23)22-8-5-4-6-9-22/h4-6,8-9,12-13,18,20,23,25,27H,7,10-11,14-17,19,33H2,1-3H3. The molecule has 1 aliphatic heterocycles. The summed E-state index contributed by atoms with van der Waals surface area (Å²) in [5.74, 6) is 1.01. The second-order valence-corrected chi connectivity index (χ2v) is 9.79. The number of ketones is 1. The van der Waals surface area contributed by atoms with Gasteiger partial charge in [-0.1, -0.05) is 36.8 Å². The first-order valence-corrected chi connectivity index (χ1v) is 13.1. The zero-order chi connectivity index (χ0) is 23.6. The number of rotatable bonds is 8. The number of carbonyl (C=O) groups excluding carboxylic acids is 1. The third-order valence-corrected chi connectivity index (χ3v) is 6.41. The van der Waals surface area contributed by atoms with Crippen LogP contribution in [0.3, 0.4) is 0 Å². The number of hydrogen-bond acceptors (Lipinski definition) is 4. The summed E-state index contributed by atoms with van der Waals surface area (Å²) >= 11 is 0. The van der Waals surface area contributed by atoms with Gasteiger partial charge in [0, 0.05) is 24.5 Å². The molecule has 1 heterocycles. The van der Waals surface area contributed by atoms with Gasteiger partial charge >= 0.3 is 0 Å². The summed E-state index contributed by atoms with van der Waals surface area (Å²) < 4.78 is 18.4. The van der Waals surface area contributed by atoms with Gasteiger partial charge in [0.05, 0.1) is 24.9 Å². The van der Waals surface area contributed by atoms with Crippen LogP contribution in [0, 0.1) is 12.8 Å². The highest BCUT2D eigenvalue weighted by atomic mass is 31.0. The Kier molecular flexibility index (Phi) is 10.4. The van der Waals surface area contributed by atoms with Crippen LogP contribution >= 0.6 is 9.24 Å². The van der Waals surface area contributed by atoms with Crippen molar-refractivity contribution in [1.29, 1.82) is 0 Å². The van der Waals surface area contributed by atoms with E-state index in [4.69, 9.17) is 14.2 Å². The van der Waals surface area contributed by atoms with Crippen molar-refractivity contribution >= 4 is 15.0 Å². The van der Waals surface area contributed by atoms with Crippen LogP contribution in [0.25, 0.3) is 0 Å². The summed E-state index contributed by atoms with van der Waals surface area (Å²) in [7, 11) is 2.73. The highest BCUT2D eigenvalue weighted by molar-refractivity contribution is 7.16. The van der Waals surface area contributed by atoms with Crippen molar-refractivity contribution in [2.24, 2.45) is 5.92 Å². The molecule has 1 saturated heterocycles. The Morgan fingerprint density at radius 2 is 1.91 bits per heavy atom. The smallest absolute Gasteiger partial charge is 0.166 e. The normalized spacial score (nSPS) is 22.2. The predicted octanol–water partition coefficient (Wildman–Crippen LogP) is 6.56. The van der Waals surface area contributed by atoms with Crippen LogP contribution in [0.2, 0.25) is 0 Å². The molecular weight excluding hydrogens is 431 g/mol. The van der Waals surface area contributed by atoms with Gasteiger partial charge < -0.3 is 14.2 Å². The zero-order valence-corrected chi connectivity index (χ0v) is 21.5. The quantitative estimate of drug-likeness (QED) is 0.324. The van der Waals surface area contributed by atoms with Crippen LogP contribution in [0.1, 0.15) is 73.5 Å². The average molecular weight is 471 g/mol. The zero-order valence-electron chi connectivity index (χ0n) is 20.3. The second-order valence-electron chi connectivity index (χ2n) is 9.21. The van der Waals surface area contributed by atoms with Crippen LogP contribution in [0.15, 0.2) is 48.5 Å². The molecule has 33 heavy (non-hydrogen) atoms. The van der Waals surface area contributed by atoms with E-state index >= 15 is 0 Å². The summed E-state index contributed by atoms with van der Waals surface area (Å²) in [5, 5.41) is 0. The topological polar surface area (TPSA) is 44.8 Å². The Balaban J connectivity index is 1.73. The largest absolute Gasteiger partial charge is 0.491 e. The summed E-state index contributed by atoms with van der Waals surface area (Å²) in [4.78, 5) is 13.4. The Morgan fingerprint density at radius 1 is 1.12 bits per heavy atom. The fourth-order valence-corrected chi connectivity index (χ4v) is 4.62. The highest BCUT2D eigenvalue weighted by Gasteiger charge is 2.26. The summed E-state index contributed by atoms with van der Waals surface area (Å²) in [5.41, 5.74) is 2.94. The van der Waals surface area contributed by atoms with Gasteiger partial charge in [-0.15, -0.1) is 9.24 Å². The Bertz CT molecular complexity index is 867. The van der Waals surface area contributed by atoms with Gasteiger partial charge in [-0.2, -0.15) is 0 Å². The Hall–Kier alpha value is -1.74. The number of Topliss-reactive ketones (excluding diaryl/α,β-unsaturated/α-hetero) is 1. The molecule has 4 atom stereocenters. The van der Waals surface area contributed by atoms with E-state index in [-0.39, 0.29) is 30.0 Å². The number of aryl methyl sites for hydroxylation is 1. The van der Waals surface area contributed by atoms with Crippen molar-refractivity contribution < 1.29 is 19.0 Å². The van der Waals surface area contributed by atoms with Crippen molar-refractivity contribution in [2.75, 3.05) is 19.4 Å². The van der Waals surface area contributed by atoms with Gasteiger partial charge in [-0.05, 0) is 75.5 Å². The molecule has 180 valence electrons. The molecule has 3 rings (SSSR count). The molecule has 1 aliphatic rings. The van der Waals surface area contributed by atoms with E-state index in [9.17, 15) is 4.79 Å². The van der Waals surface area contributed by atoms with Crippen LogP contribution in [-0.4, -0.2) is 37.4 Å². The number of ether oxygens (including phenoxy) is 3. The monoisotopic (exact) mass is 470 g/mol. The molecule has 0 amide bonds. The van der Waals surface area contributed by atoms with Crippen LogP contribution in [0.5, 0.6) is 5.75 Å². The molecule has 2 aromatic rings. The number of carbonyl (C=O) groups is 1. The minimum Gasteiger partial charge on any atom is -0.491 e. The van der Waals surface area contributed by atoms with Gasteiger partial charge in [0.1, 0.15) is 5.75 Å². The maximum absolute atomic E-state index is 13.4.